The monoisotopic (exact) mass is 274 g/mol. The Morgan fingerprint density at radius 1 is 1.25 bits per heavy atom. The topological polar surface area (TPSA) is 56.5 Å². The summed E-state index contributed by atoms with van der Waals surface area (Å²) in [6.07, 6.45) is 3.90. The van der Waals surface area contributed by atoms with Crippen molar-refractivity contribution in [3.8, 4) is 11.5 Å². The van der Waals surface area contributed by atoms with Gasteiger partial charge in [0.1, 0.15) is 19.3 Å². The second-order valence-electron chi connectivity index (χ2n) is 4.84. The Balaban J connectivity index is 1.83. The van der Waals surface area contributed by atoms with Crippen LogP contribution in [0.4, 0.5) is 0 Å². The van der Waals surface area contributed by atoms with Crippen LogP contribution in [0.3, 0.4) is 0 Å². The number of aliphatic hydroxyl groups is 1. The van der Waals surface area contributed by atoms with Crippen molar-refractivity contribution < 1.29 is 14.6 Å². The molecule has 0 fully saturated rings. The summed E-state index contributed by atoms with van der Waals surface area (Å²) in [5, 5.41) is 14.7. The van der Waals surface area contributed by atoms with Gasteiger partial charge in [-0.25, -0.2) is 0 Å². The van der Waals surface area contributed by atoms with E-state index in [0.29, 0.717) is 19.0 Å². The molecule has 0 aliphatic carbocycles. The Bertz CT molecular complexity index is 595. The van der Waals surface area contributed by atoms with Gasteiger partial charge in [0.25, 0.3) is 0 Å². The van der Waals surface area contributed by atoms with Crippen molar-refractivity contribution in [1.82, 2.24) is 9.78 Å². The lowest BCUT2D eigenvalue weighted by Crippen LogP contribution is -2.15. The molecular formula is C15H18N2O3. The molecule has 0 radical (unpaired) electrons. The van der Waals surface area contributed by atoms with Gasteiger partial charge in [0, 0.05) is 18.3 Å². The van der Waals surface area contributed by atoms with Gasteiger partial charge in [-0.1, -0.05) is 13.0 Å². The molecule has 0 amide bonds. The Labute approximate surface area is 117 Å². The van der Waals surface area contributed by atoms with Crippen molar-refractivity contribution >= 4 is 0 Å². The fourth-order valence-corrected chi connectivity index (χ4v) is 2.29. The van der Waals surface area contributed by atoms with Crippen LogP contribution in [0.2, 0.25) is 0 Å². The molecule has 1 aromatic heterocycles. The minimum absolute atomic E-state index is 0.543. The molecule has 1 unspecified atom stereocenters. The summed E-state index contributed by atoms with van der Waals surface area (Å²) < 4.78 is 12.9. The molecule has 0 bridgehead atoms. The van der Waals surface area contributed by atoms with E-state index in [1.54, 1.807) is 6.20 Å². The summed E-state index contributed by atoms with van der Waals surface area (Å²) >= 11 is 0. The lowest BCUT2D eigenvalue weighted by atomic mass is 10.0. The molecule has 20 heavy (non-hydrogen) atoms. The highest BCUT2D eigenvalue weighted by molar-refractivity contribution is 5.45. The number of ether oxygens (including phenoxy) is 2. The Hall–Kier alpha value is -2.01. The predicted octanol–water partition coefficient (Wildman–Crippen LogP) is 2.15. The van der Waals surface area contributed by atoms with Crippen molar-refractivity contribution in [3.63, 3.8) is 0 Å². The smallest absolute Gasteiger partial charge is 0.161 e. The molecule has 0 spiro atoms. The second-order valence-corrected chi connectivity index (χ2v) is 4.84. The highest BCUT2D eigenvalue weighted by Crippen LogP contribution is 2.34. The first-order valence-corrected chi connectivity index (χ1v) is 6.88. The molecule has 2 aromatic rings. The van der Waals surface area contributed by atoms with Crippen LogP contribution < -0.4 is 9.47 Å². The minimum Gasteiger partial charge on any atom is -0.486 e. The van der Waals surface area contributed by atoms with Gasteiger partial charge in [0.05, 0.1) is 6.20 Å². The van der Waals surface area contributed by atoms with Crippen LogP contribution in [0.5, 0.6) is 11.5 Å². The molecule has 1 aliphatic heterocycles. The third-order valence-corrected chi connectivity index (χ3v) is 3.30. The van der Waals surface area contributed by atoms with E-state index in [-0.39, 0.29) is 0 Å². The molecule has 5 heteroatoms. The van der Waals surface area contributed by atoms with Crippen LogP contribution in [0.15, 0.2) is 30.6 Å². The molecule has 2 heterocycles. The van der Waals surface area contributed by atoms with Crippen molar-refractivity contribution in [1.29, 1.82) is 0 Å². The maximum Gasteiger partial charge on any atom is 0.161 e. The molecule has 3 rings (SSSR count). The number of rotatable bonds is 4. The standard InChI is InChI=1S/C15H18N2O3/c1-2-5-17-10-12(9-16-17)15(18)11-3-4-13-14(8-11)20-7-6-19-13/h3-4,8-10,15,18H,2,5-7H2,1H3. The number of benzene rings is 1. The SMILES string of the molecule is CCCn1cc(C(O)c2ccc3c(c2)OCCO3)cn1. The molecule has 0 saturated heterocycles. The van der Waals surface area contributed by atoms with Crippen molar-refractivity contribution in [2.45, 2.75) is 26.0 Å². The largest absolute Gasteiger partial charge is 0.486 e. The average molecular weight is 274 g/mol. The molecule has 5 nitrogen and oxygen atoms in total. The highest BCUT2D eigenvalue weighted by Gasteiger charge is 2.17. The van der Waals surface area contributed by atoms with Crippen LogP contribution in [0, 0.1) is 0 Å². The molecule has 1 aliphatic rings. The number of aromatic nitrogens is 2. The van der Waals surface area contributed by atoms with Gasteiger partial charge in [0.15, 0.2) is 11.5 Å². The van der Waals surface area contributed by atoms with Crippen molar-refractivity contribution in [3.05, 3.63) is 41.7 Å². The van der Waals surface area contributed by atoms with E-state index >= 15 is 0 Å². The third-order valence-electron chi connectivity index (χ3n) is 3.30. The van der Waals surface area contributed by atoms with Crippen LogP contribution >= 0.6 is 0 Å². The zero-order chi connectivity index (χ0) is 13.9. The molecular weight excluding hydrogens is 256 g/mol. The summed E-state index contributed by atoms with van der Waals surface area (Å²) in [6.45, 7) is 4.06. The second kappa shape index (κ2) is 5.54. The number of nitrogens with zero attached hydrogens (tertiary/aromatic N) is 2. The summed E-state index contributed by atoms with van der Waals surface area (Å²) in [6, 6.07) is 5.52. The first-order chi connectivity index (χ1) is 9.78. The summed E-state index contributed by atoms with van der Waals surface area (Å²) in [5.74, 6) is 1.42. The van der Waals surface area contributed by atoms with Gasteiger partial charge in [-0.15, -0.1) is 0 Å². The van der Waals surface area contributed by atoms with Gasteiger partial charge in [-0.05, 0) is 24.1 Å². The van der Waals surface area contributed by atoms with E-state index in [1.165, 1.54) is 0 Å². The Kier molecular flexibility index (Phi) is 3.60. The molecule has 106 valence electrons. The van der Waals surface area contributed by atoms with E-state index in [4.69, 9.17) is 9.47 Å². The number of aryl methyl sites for hydroxylation is 1. The fourth-order valence-electron chi connectivity index (χ4n) is 2.29. The lowest BCUT2D eigenvalue weighted by molar-refractivity contribution is 0.169. The van der Waals surface area contributed by atoms with E-state index in [1.807, 2.05) is 29.1 Å². The zero-order valence-corrected chi connectivity index (χ0v) is 11.5. The van der Waals surface area contributed by atoms with Gasteiger partial charge in [0.2, 0.25) is 0 Å². The first kappa shape index (κ1) is 13.0. The molecule has 0 saturated carbocycles. The van der Waals surface area contributed by atoms with Gasteiger partial charge < -0.3 is 14.6 Å². The molecule has 1 aromatic carbocycles. The number of hydrogen-bond donors (Lipinski definition) is 1. The maximum absolute atomic E-state index is 10.4. The first-order valence-electron chi connectivity index (χ1n) is 6.88. The van der Waals surface area contributed by atoms with Crippen molar-refractivity contribution in [2.24, 2.45) is 0 Å². The minimum atomic E-state index is -0.698. The maximum atomic E-state index is 10.4. The Morgan fingerprint density at radius 3 is 2.85 bits per heavy atom. The quantitative estimate of drug-likeness (QED) is 0.928. The highest BCUT2D eigenvalue weighted by atomic mass is 16.6. The Morgan fingerprint density at radius 2 is 2.05 bits per heavy atom. The number of hydrogen-bond acceptors (Lipinski definition) is 4. The van der Waals surface area contributed by atoms with Gasteiger partial charge in [-0.3, -0.25) is 4.68 Å². The van der Waals surface area contributed by atoms with Gasteiger partial charge in [-0.2, -0.15) is 5.10 Å². The van der Waals surface area contributed by atoms with E-state index < -0.39 is 6.10 Å². The van der Waals surface area contributed by atoms with Crippen molar-refractivity contribution in [2.75, 3.05) is 13.2 Å². The fraction of sp³-hybridized carbons (Fsp3) is 0.400. The van der Waals surface area contributed by atoms with Crippen LogP contribution in [0.1, 0.15) is 30.6 Å². The number of aliphatic hydroxyl groups excluding tert-OH is 1. The summed E-state index contributed by atoms with van der Waals surface area (Å²) in [5.41, 5.74) is 1.57. The summed E-state index contributed by atoms with van der Waals surface area (Å²) in [7, 11) is 0. The normalized spacial score (nSPS) is 15.1. The molecule has 1 atom stereocenters. The van der Waals surface area contributed by atoms with Gasteiger partial charge >= 0.3 is 0 Å². The van der Waals surface area contributed by atoms with E-state index in [9.17, 15) is 5.11 Å². The van der Waals surface area contributed by atoms with Crippen LogP contribution in [0.25, 0.3) is 0 Å². The number of fused-ring (bicyclic) bond motifs is 1. The third kappa shape index (κ3) is 2.49. The average Bonchev–Trinajstić information content (AvgIpc) is 2.95. The predicted molar refractivity (Wildman–Crippen MR) is 74.0 cm³/mol. The lowest BCUT2D eigenvalue weighted by Gasteiger charge is -2.20. The van der Waals surface area contributed by atoms with E-state index in [2.05, 4.69) is 12.0 Å². The van der Waals surface area contributed by atoms with E-state index in [0.717, 1.165) is 29.8 Å². The zero-order valence-electron chi connectivity index (χ0n) is 11.5. The van der Waals surface area contributed by atoms with Crippen LogP contribution in [-0.4, -0.2) is 28.1 Å². The molecule has 1 N–H and O–H groups in total. The van der Waals surface area contributed by atoms with Crippen LogP contribution in [-0.2, 0) is 6.54 Å². The summed E-state index contributed by atoms with van der Waals surface area (Å²) in [4.78, 5) is 0.